The van der Waals surface area contributed by atoms with E-state index in [0.717, 1.165) is 5.56 Å². The molecule has 8 nitrogen and oxygen atoms in total. The molecule has 4 aromatic rings. The number of amides is 1. The Hall–Kier alpha value is -5.30. The molecule has 0 fully saturated rings. The number of carbonyl (C=O) groups is 2. The number of nitrogens with one attached hydrogen (secondary N) is 1. The molecule has 41 heavy (non-hydrogen) atoms. The van der Waals surface area contributed by atoms with Gasteiger partial charge in [-0.25, -0.2) is 23.4 Å². The minimum atomic E-state index is -1.30. The van der Waals surface area contributed by atoms with Crippen molar-refractivity contribution >= 4 is 12.1 Å². The smallest absolute Gasteiger partial charge is 0.407 e. The van der Waals surface area contributed by atoms with Gasteiger partial charge >= 0.3 is 12.1 Å². The highest BCUT2D eigenvalue weighted by Crippen LogP contribution is 2.33. The second-order valence-electron chi connectivity index (χ2n) is 9.97. The van der Waals surface area contributed by atoms with Crippen LogP contribution in [0.1, 0.15) is 42.3 Å². The van der Waals surface area contributed by atoms with E-state index in [0.29, 0.717) is 17.2 Å². The van der Waals surface area contributed by atoms with Crippen LogP contribution >= 0.6 is 0 Å². The summed E-state index contributed by atoms with van der Waals surface area (Å²) in [6.45, 7) is 5.48. The average Bonchev–Trinajstić information content (AvgIpc) is 2.92. The summed E-state index contributed by atoms with van der Waals surface area (Å²) in [6, 6.07) is 19.9. The first-order valence-corrected chi connectivity index (χ1v) is 12.4. The monoisotopic (exact) mass is 557 g/mol. The summed E-state index contributed by atoms with van der Waals surface area (Å²) in [5.74, 6) is -4.03. The van der Waals surface area contributed by atoms with E-state index in [2.05, 4.69) is 10.3 Å². The van der Waals surface area contributed by atoms with Gasteiger partial charge in [0.15, 0.2) is 11.6 Å². The standard InChI is InChI=1S/C31H25F2N3O5/c1-31(2,3)41-30(39)35-17-18-7-6-8-20(11-18)21-12-19(16-34)13-22(14-21)40-28-26(33)15-25(32)27(36-28)23-9-4-5-10-24(23)29(37)38/h4-15H,17H2,1-3H3,(H,35,39)(H,37,38). The summed E-state index contributed by atoms with van der Waals surface area (Å²) >= 11 is 0. The molecule has 0 unspecified atom stereocenters. The van der Waals surface area contributed by atoms with Gasteiger partial charge in [-0.15, -0.1) is 0 Å². The van der Waals surface area contributed by atoms with Gasteiger partial charge in [0, 0.05) is 18.2 Å². The van der Waals surface area contributed by atoms with Crippen molar-refractivity contribution in [2.45, 2.75) is 32.9 Å². The first kappa shape index (κ1) is 28.7. The van der Waals surface area contributed by atoms with Crippen molar-refractivity contribution in [1.82, 2.24) is 10.3 Å². The quantitative estimate of drug-likeness (QED) is 0.249. The summed E-state index contributed by atoms with van der Waals surface area (Å²) in [5, 5.41) is 21.8. The molecule has 1 aromatic heterocycles. The Morgan fingerprint density at radius 1 is 0.976 bits per heavy atom. The van der Waals surface area contributed by atoms with Crippen LogP contribution in [-0.2, 0) is 11.3 Å². The van der Waals surface area contributed by atoms with Gasteiger partial charge in [0.05, 0.1) is 17.2 Å². The number of pyridine rings is 1. The zero-order chi connectivity index (χ0) is 29.7. The number of benzene rings is 3. The van der Waals surface area contributed by atoms with Crippen molar-refractivity contribution in [3.05, 3.63) is 101 Å². The Balaban J connectivity index is 1.65. The number of carboxylic acids is 1. The molecule has 0 bridgehead atoms. The molecule has 0 saturated carbocycles. The average molecular weight is 558 g/mol. The fourth-order valence-corrected chi connectivity index (χ4v) is 3.94. The Bertz CT molecular complexity index is 1680. The number of rotatable bonds is 7. The number of nitriles is 1. The Kier molecular flexibility index (Phi) is 8.29. The van der Waals surface area contributed by atoms with Gasteiger partial charge < -0.3 is 19.9 Å². The van der Waals surface area contributed by atoms with E-state index in [4.69, 9.17) is 9.47 Å². The molecule has 0 radical (unpaired) electrons. The second kappa shape index (κ2) is 11.8. The van der Waals surface area contributed by atoms with Crippen LogP contribution in [0.2, 0.25) is 0 Å². The maximum atomic E-state index is 14.7. The van der Waals surface area contributed by atoms with Gasteiger partial charge in [0.2, 0.25) is 0 Å². The molecule has 10 heteroatoms. The third-order valence-corrected chi connectivity index (χ3v) is 5.66. The fraction of sp³-hybridized carbons (Fsp3) is 0.161. The van der Waals surface area contributed by atoms with Gasteiger partial charge in [-0.1, -0.05) is 36.4 Å². The molecular formula is C31H25F2N3O5. The van der Waals surface area contributed by atoms with Crippen LogP contribution in [0.15, 0.2) is 72.8 Å². The molecule has 0 aliphatic rings. The van der Waals surface area contributed by atoms with Crippen molar-refractivity contribution in [1.29, 1.82) is 5.26 Å². The number of nitrogens with zero attached hydrogens (tertiary/aromatic N) is 2. The molecule has 0 spiro atoms. The van der Waals surface area contributed by atoms with Crippen LogP contribution < -0.4 is 10.1 Å². The van der Waals surface area contributed by atoms with E-state index in [9.17, 15) is 28.7 Å². The predicted molar refractivity (Wildman–Crippen MR) is 146 cm³/mol. The molecule has 3 aromatic carbocycles. The highest BCUT2D eigenvalue weighted by atomic mass is 19.1. The largest absolute Gasteiger partial charge is 0.478 e. The third kappa shape index (κ3) is 7.22. The summed E-state index contributed by atoms with van der Waals surface area (Å²) in [6.07, 6.45) is -0.566. The van der Waals surface area contributed by atoms with E-state index in [1.54, 1.807) is 57.2 Å². The van der Waals surface area contributed by atoms with Crippen molar-refractivity contribution in [2.75, 3.05) is 0 Å². The van der Waals surface area contributed by atoms with Gasteiger partial charge in [-0.2, -0.15) is 5.26 Å². The molecule has 1 heterocycles. The summed E-state index contributed by atoms with van der Waals surface area (Å²) in [5.41, 5.74) is 0.883. The zero-order valence-corrected chi connectivity index (χ0v) is 22.4. The second-order valence-corrected chi connectivity index (χ2v) is 9.97. The van der Waals surface area contributed by atoms with E-state index >= 15 is 0 Å². The van der Waals surface area contributed by atoms with Crippen LogP contribution in [0.4, 0.5) is 13.6 Å². The van der Waals surface area contributed by atoms with Crippen molar-refractivity contribution in [2.24, 2.45) is 0 Å². The number of carbonyl (C=O) groups excluding carboxylic acids is 1. The molecular weight excluding hydrogens is 532 g/mol. The Morgan fingerprint density at radius 3 is 2.44 bits per heavy atom. The van der Waals surface area contributed by atoms with E-state index < -0.39 is 40.9 Å². The van der Waals surface area contributed by atoms with E-state index in [1.807, 2.05) is 6.07 Å². The van der Waals surface area contributed by atoms with E-state index in [-0.39, 0.29) is 29.0 Å². The number of hydrogen-bond donors (Lipinski definition) is 2. The highest BCUT2D eigenvalue weighted by molar-refractivity contribution is 5.95. The Labute approximate surface area is 234 Å². The molecule has 4 rings (SSSR count). The maximum Gasteiger partial charge on any atom is 0.407 e. The predicted octanol–water partition coefficient (Wildman–Crippen LogP) is 7.08. The van der Waals surface area contributed by atoms with Crippen LogP contribution in [0, 0.1) is 23.0 Å². The topological polar surface area (TPSA) is 122 Å². The van der Waals surface area contributed by atoms with Gasteiger partial charge in [-0.05, 0) is 67.8 Å². The lowest BCUT2D eigenvalue weighted by molar-refractivity contribution is 0.0523. The number of ether oxygens (including phenoxy) is 2. The molecule has 0 aliphatic heterocycles. The summed E-state index contributed by atoms with van der Waals surface area (Å²) in [7, 11) is 0. The number of alkyl carbamates (subject to hydrolysis) is 1. The molecule has 1 amide bonds. The number of hydrogen-bond acceptors (Lipinski definition) is 6. The molecule has 0 atom stereocenters. The first-order chi connectivity index (χ1) is 19.4. The molecule has 0 saturated heterocycles. The van der Waals surface area contributed by atoms with E-state index in [1.165, 1.54) is 30.3 Å². The summed E-state index contributed by atoms with van der Waals surface area (Å²) in [4.78, 5) is 27.6. The third-order valence-electron chi connectivity index (χ3n) is 5.66. The SMILES string of the molecule is CC(C)(C)OC(=O)NCc1cccc(-c2cc(C#N)cc(Oc3nc(-c4ccccc4C(=O)O)c(F)cc3F)c2)c1. The van der Waals surface area contributed by atoms with Crippen molar-refractivity contribution < 1.29 is 33.0 Å². The number of aromatic nitrogens is 1. The number of carboxylic acid groups (broad SMARTS) is 1. The van der Waals surface area contributed by atoms with Crippen LogP contribution in [0.25, 0.3) is 22.4 Å². The van der Waals surface area contributed by atoms with Gasteiger partial charge in [0.1, 0.15) is 17.0 Å². The zero-order valence-electron chi connectivity index (χ0n) is 22.4. The fourth-order valence-electron chi connectivity index (χ4n) is 3.94. The lowest BCUT2D eigenvalue weighted by Crippen LogP contribution is -2.32. The maximum absolute atomic E-state index is 14.7. The molecule has 0 aliphatic carbocycles. The van der Waals surface area contributed by atoms with Gasteiger partial charge in [0.25, 0.3) is 5.88 Å². The number of halogens is 2. The molecule has 2 N–H and O–H groups in total. The minimum absolute atomic E-state index is 0.0480. The Morgan fingerprint density at radius 2 is 1.73 bits per heavy atom. The first-order valence-electron chi connectivity index (χ1n) is 12.4. The lowest BCUT2D eigenvalue weighted by atomic mass is 10.0. The minimum Gasteiger partial charge on any atom is -0.478 e. The van der Waals surface area contributed by atoms with Crippen LogP contribution in [-0.4, -0.2) is 27.8 Å². The number of aromatic carboxylic acids is 1. The van der Waals surface area contributed by atoms with Crippen LogP contribution in [0.5, 0.6) is 11.6 Å². The highest BCUT2D eigenvalue weighted by Gasteiger charge is 2.20. The lowest BCUT2D eigenvalue weighted by Gasteiger charge is -2.19. The van der Waals surface area contributed by atoms with Crippen LogP contribution in [0.3, 0.4) is 0 Å². The normalized spacial score (nSPS) is 10.9. The van der Waals surface area contributed by atoms with Crippen molar-refractivity contribution in [3.63, 3.8) is 0 Å². The summed E-state index contributed by atoms with van der Waals surface area (Å²) < 4.78 is 40.4. The van der Waals surface area contributed by atoms with Gasteiger partial charge in [-0.3, -0.25) is 0 Å². The molecule has 208 valence electrons. The van der Waals surface area contributed by atoms with Crippen molar-refractivity contribution in [3.8, 4) is 40.1 Å².